The molecule has 3 saturated heterocycles. The van der Waals surface area contributed by atoms with Crippen molar-refractivity contribution in [2.24, 2.45) is 17.1 Å². The van der Waals surface area contributed by atoms with Crippen molar-refractivity contribution in [3.63, 3.8) is 0 Å². The van der Waals surface area contributed by atoms with Crippen molar-refractivity contribution >= 4 is 0 Å². The smallest absolute Gasteiger partial charge is 0.0645 e. The predicted molar refractivity (Wildman–Crippen MR) is 112 cm³/mol. The molecule has 3 heterocycles. The SMILES string of the molecule is CC1C(C(C)(C)C)CCCN1C1COC1.CC1CCCCN1CCCN. The molecule has 0 spiro atoms. The summed E-state index contributed by atoms with van der Waals surface area (Å²) in [6.45, 7) is 18.4. The molecule has 4 nitrogen and oxygen atoms in total. The highest BCUT2D eigenvalue weighted by atomic mass is 16.5. The Morgan fingerprint density at radius 2 is 1.73 bits per heavy atom. The van der Waals surface area contributed by atoms with Crippen LogP contribution in [0.3, 0.4) is 0 Å². The number of hydrogen-bond acceptors (Lipinski definition) is 4. The third kappa shape index (κ3) is 6.19. The van der Waals surface area contributed by atoms with Crippen LogP contribution in [0.2, 0.25) is 0 Å². The van der Waals surface area contributed by atoms with Crippen molar-refractivity contribution in [3.8, 4) is 0 Å². The van der Waals surface area contributed by atoms with Gasteiger partial charge in [0.15, 0.2) is 0 Å². The van der Waals surface area contributed by atoms with Gasteiger partial charge in [-0.2, -0.15) is 0 Å². The van der Waals surface area contributed by atoms with Crippen LogP contribution in [0.5, 0.6) is 0 Å². The molecule has 0 aliphatic carbocycles. The highest BCUT2D eigenvalue weighted by Crippen LogP contribution is 2.38. The quantitative estimate of drug-likeness (QED) is 0.822. The Kier molecular flexibility index (Phi) is 8.85. The molecule has 0 saturated carbocycles. The number of likely N-dealkylation sites (tertiary alicyclic amines) is 2. The molecule has 0 amide bonds. The number of hydrogen-bond donors (Lipinski definition) is 1. The Labute approximate surface area is 162 Å². The zero-order chi connectivity index (χ0) is 19.2. The van der Waals surface area contributed by atoms with Gasteiger partial charge >= 0.3 is 0 Å². The average molecular weight is 368 g/mol. The summed E-state index contributed by atoms with van der Waals surface area (Å²) in [6, 6.07) is 2.24. The summed E-state index contributed by atoms with van der Waals surface area (Å²) >= 11 is 0. The second-order valence-corrected chi connectivity index (χ2v) is 9.81. The minimum Gasteiger partial charge on any atom is -0.378 e. The molecule has 3 aliphatic heterocycles. The van der Waals surface area contributed by atoms with Gasteiger partial charge in [-0.15, -0.1) is 0 Å². The van der Waals surface area contributed by atoms with Gasteiger partial charge < -0.3 is 15.4 Å². The summed E-state index contributed by atoms with van der Waals surface area (Å²) in [5.41, 5.74) is 5.91. The molecule has 3 rings (SSSR count). The molecule has 3 unspecified atom stereocenters. The van der Waals surface area contributed by atoms with Gasteiger partial charge in [0.2, 0.25) is 0 Å². The fourth-order valence-electron chi connectivity index (χ4n) is 5.04. The first kappa shape index (κ1) is 22.1. The molecule has 0 aromatic carbocycles. The molecule has 26 heavy (non-hydrogen) atoms. The van der Waals surface area contributed by atoms with Crippen molar-refractivity contribution < 1.29 is 4.74 Å². The maximum absolute atomic E-state index is 5.46. The Hall–Kier alpha value is -0.160. The highest BCUT2D eigenvalue weighted by molar-refractivity contribution is 4.92. The summed E-state index contributed by atoms with van der Waals surface area (Å²) in [5.74, 6) is 0.840. The largest absolute Gasteiger partial charge is 0.378 e. The molecule has 0 bridgehead atoms. The fraction of sp³-hybridized carbons (Fsp3) is 1.00. The first-order valence-electron chi connectivity index (χ1n) is 11.1. The van der Waals surface area contributed by atoms with Crippen LogP contribution < -0.4 is 5.73 Å². The second kappa shape index (κ2) is 10.4. The summed E-state index contributed by atoms with van der Waals surface area (Å²) < 4.78 is 5.32. The van der Waals surface area contributed by atoms with Crippen molar-refractivity contribution in [1.82, 2.24) is 9.80 Å². The van der Waals surface area contributed by atoms with Crippen LogP contribution in [0.25, 0.3) is 0 Å². The Bertz CT molecular complexity index is 391. The van der Waals surface area contributed by atoms with E-state index in [2.05, 4.69) is 44.4 Å². The van der Waals surface area contributed by atoms with E-state index in [4.69, 9.17) is 10.5 Å². The van der Waals surface area contributed by atoms with Crippen LogP contribution in [-0.2, 0) is 4.74 Å². The lowest BCUT2D eigenvalue weighted by Gasteiger charge is -2.50. The molecule has 3 fully saturated rings. The van der Waals surface area contributed by atoms with Crippen molar-refractivity contribution in [2.75, 3.05) is 39.4 Å². The Morgan fingerprint density at radius 1 is 1.00 bits per heavy atom. The van der Waals surface area contributed by atoms with E-state index in [-0.39, 0.29) is 0 Å². The first-order chi connectivity index (χ1) is 12.3. The fourth-order valence-corrected chi connectivity index (χ4v) is 5.04. The van der Waals surface area contributed by atoms with E-state index in [1.165, 1.54) is 51.7 Å². The van der Waals surface area contributed by atoms with Gasteiger partial charge in [0.25, 0.3) is 0 Å². The van der Waals surface area contributed by atoms with E-state index >= 15 is 0 Å². The second-order valence-electron chi connectivity index (χ2n) is 9.81. The molecule has 154 valence electrons. The average Bonchev–Trinajstić information content (AvgIpc) is 2.54. The molecule has 0 radical (unpaired) electrons. The highest BCUT2D eigenvalue weighted by Gasteiger charge is 2.39. The normalized spacial score (nSPS) is 31.8. The van der Waals surface area contributed by atoms with Gasteiger partial charge in [0, 0.05) is 12.1 Å². The first-order valence-corrected chi connectivity index (χ1v) is 11.1. The van der Waals surface area contributed by atoms with E-state index in [9.17, 15) is 0 Å². The summed E-state index contributed by atoms with van der Waals surface area (Å²) in [4.78, 5) is 5.25. The number of nitrogens with zero attached hydrogens (tertiary/aromatic N) is 2. The third-order valence-electron chi connectivity index (χ3n) is 6.83. The van der Waals surface area contributed by atoms with Crippen LogP contribution >= 0.6 is 0 Å². The van der Waals surface area contributed by atoms with Crippen molar-refractivity contribution in [2.45, 2.75) is 91.3 Å². The maximum atomic E-state index is 5.46. The lowest BCUT2D eigenvalue weighted by molar-refractivity contribution is -0.104. The molecular formula is C22H45N3O. The zero-order valence-corrected chi connectivity index (χ0v) is 18.2. The van der Waals surface area contributed by atoms with Crippen molar-refractivity contribution in [3.05, 3.63) is 0 Å². The van der Waals surface area contributed by atoms with Crippen LogP contribution in [0.1, 0.15) is 73.1 Å². The van der Waals surface area contributed by atoms with Crippen LogP contribution in [0.4, 0.5) is 0 Å². The van der Waals surface area contributed by atoms with E-state index in [0.717, 1.165) is 44.2 Å². The summed E-state index contributed by atoms with van der Waals surface area (Å²) in [7, 11) is 0. The molecule has 0 aromatic rings. The van der Waals surface area contributed by atoms with E-state index in [0.29, 0.717) is 11.5 Å². The van der Waals surface area contributed by atoms with Gasteiger partial charge in [-0.3, -0.25) is 4.90 Å². The van der Waals surface area contributed by atoms with Gasteiger partial charge in [-0.1, -0.05) is 27.2 Å². The molecule has 2 N–H and O–H groups in total. The van der Waals surface area contributed by atoms with Crippen LogP contribution in [-0.4, -0.2) is 67.3 Å². The maximum Gasteiger partial charge on any atom is 0.0645 e. The number of piperidine rings is 2. The van der Waals surface area contributed by atoms with E-state index in [1.54, 1.807) is 0 Å². The zero-order valence-electron chi connectivity index (χ0n) is 18.2. The third-order valence-corrected chi connectivity index (χ3v) is 6.83. The Morgan fingerprint density at radius 3 is 2.27 bits per heavy atom. The van der Waals surface area contributed by atoms with Gasteiger partial charge in [-0.25, -0.2) is 0 Å². The van der Waals surface area contributed by atoms with Crippen LogP contribution in [0, 0.1) is 11.3 Å². The summed E-state index contributed by atoms with van der Waals surface area (Å²) in [6.07, 6.45) is 8.10. The van der Waals surface area contributed by atoms with E-state index in [1.807, 2.05) is 0 Å². The van der Waals surface area contributed by atoms with Gasteiger partial charge in [0.05, 0.1) is 19.3 Å². The lowest BCUT2D eigenvalue weighted by atomic mass is 9.71. The number of ether oxygens (including phenoxy) is 1. The standard InChI is InChI=1S/C13H25NO.C9H20N2/c1-10-12(13(2,3)4)6-5-7-14(10)11-8-15-9-11;1-9-5-2-3-7-11(9)8-4-6-10/h10-12H,5-9H2,1-4H3;9H,2-8,10H2,1H3. The number of nitrogens with two attached hydrogens (primary N) is 1. The molecule has 3 aliphatic rings. The van der Waals surface area contributed by atoms with Gasteiger partial charge in [0.1, 0.15) is 0 Å². The molecular weight excluding hydrogens is 322 g/mol. The predicted octanol–water partition coefficient (Wildman–Crippen LogP) is 3.74. The lowest BCUT2D eigenvalue weighted by Crippen LogP contribution is -2.58. The van der Waals surface area contributed by atoms with Crippen LogP contribution in [0.15, 0.2) is 0 Å². The summed E-state index contributed by atoms with van der Waals surface area (Å²) in [5, 5.41) is 0. The minimum absolute atomic E-state index is 0.447. The molecule has 0 aromatic heterocycles. The molecule has 3 atom stereocenters. The monoisotopic (exact) mass is 367 g/mol. The van der Waals surface area contributed by atoms with Gasteiger partial charge in [-0.05, 0) is 83.5 Å². The van der Waals surface area contributed by atoms with Crippen molar-refractivity contribution in [1.29, 1.82) is 0 Å². The Balaban J connectivity index is 0.000000197. The minimum atomic E-state index is 0.447. The topological polar surface area (TPSA) is 41.7 Å². The number of rotatable bonds is 4. The van der Waals surface area contributed by atoms with E-state index < -0.39 is 0 Å². The molecule has 4 heteroatoms.